The Morgan fingerprint density at radius 3 is 2.94 bits per heavy atom. The highest BCUT2D eigenvalue weighted by atomic mass is 19.1. The van der Waals surface area contributed by atoms with E-state index < -0.39 is 0 Å². The summed E-state index contributed by atoms with van der Waals surface area (Å²) in [6.45, 7) is 2.10. The van der Waals surface area contributed by atoms with E-state index in [1.807, 2.05) is 6.92 Å². The van der Waals surface area contributed by atoms with E-state index in [1.165, 1.54) is 18.2 Å². The van der Waals surface area contributed by atoms with Crippen LogP contribution in [0.15, 0.2) is 24.3 Å². The summed E-state index contributed by atoms with van der Waals surface area (Å²) >= 11 is 0. The van der Waals surface area contributed by atoms with Crippen molar-refractivity contribution in [1.82, 2.24) is 5.32 Å². The van der Waals surface area contributed by atoms with Crippen LogP contribution in [0, 0.1) is 5.82 Å². The van der Waals surface area contributed by atoms with E-state index in [4.69, 9.17) is 5.11 Å². The predicted molar refractivity (Wildman–Crippen MR) is 64.2 cm³/mol. The van der Waals surface area contributed by atoms with Gasteiger partial charge in [0.25, 0.3) is 0 Å². The van der Waals surface area contributed by atoms with Gasteiger partial charge in [0.15, 0.2) is 0 Å². The van der Waals surface area contributed by atoms with Crippen molar-refractivity contribution in [1.29, 1.82) is 0 Å². The van der Waals surface area contributed by atoms with Crippen molar-refractivity contribution in [3.8, 4) is 0 Å². The first-order valence-corrected chi connectivity index (χ1v) is 5.51. The number of carbonyl (C=O) groups is 1. The summed E-state index contributed by atoms with van der Waals surface area (Å²) < 4.78 is 12.8. The zero-order chi connectivity index (χ0) is 12.7. The Morgan fingerprint density at radius 2 is 2.29 bits per heavy atom. The summed E-state index contributed by atoms with van der Waals surface area (Å²) in [4.78, 5) is 11.5. The number of hydrogen-bond acceptors (Lipinski definition) is 3. The third-order valence-electron chi connectivity index (χ3n) is 2.28. The zero-order valence-corrected chi connectivity index (χ0v) is 9.74. The number of rotatable bonds is 6. The number of benzene rings is 1. The van der Waals surface area contributed by atoms with Crippen LogP contribution >= 0.6 is 0 Å². The van der Waals surface area contributed by atoms with Crippen LogP contribution in [0.1, 0.15) is 13.3 Å². The number of aliphatic hydroxyl groups is 1. The molecule has 0 aliphatic carbocycles. The summed E-state index contributed by atoms with van der Waals surface area (Å²) in [6, 6.07) is 5.80. The fourth-order valence-electron chi connectivity index (χ4n) is 1.33. The van der Waals surface area contributed by atoms with E-state index >= 15 is 0 Å². The number of anilines is 1. The smallest absolute Gasteiger partial charge is 0.238 e. The van der Waals surface area contributed by atoms with Gasteiger partial charge in [-0.15, -0.1) is 0 Å². The lowest BCUT2D eigenvalue weighted by atomic mass is 10.2. The van der Waals surface area contributed by atoms with E-state index in [0.717, 1.165) is 0 Å². The van der Waals surface area contributed by atoms with Crippen molar-refractivity contribution in [2.75, 3.05) is 18.5 Å². The molecular weight excluding hydrogens is 223 g/mol. The average Bonchev–Trinajstić information content (AvgIpc) is 2.27. The van der Waals surface area contributed by atoms with Gasteiger partial charge in [-0.05, 0) is 31.5 Å². The van der Waals surface area contributed by atoms with Gasteiger partial charge in [-0.25, -0.2) is 4.39 Å². The number of amides is 1. The van der Waals surface area contributed by atoms with Crippen molar-refractivity contribution in [3.63, 3.8) is 0 Å². The molecule has 0 saturated heterocycles. The van der Waals surface area contributed by atoms with E-state index in [1.54, 1.807) is 6.07 Å². The molecule has 5 heteroatoms. The maximum absolute atomic E-state index is 12.8. The molecule has 1 aromatic carbocycles. The highest BCUT2D eigenvalue weighted by molar-refractivity contribution is 5.92. The lowest BCUT2D eigenvalue weighted by molar-refractivity contribution is -0.115. The number of nitrogens with one attached hydrogen (secondary N) is 2. The average molecular weight is 240 g/mol. The molecule has 0 saturated carbocycles. The van der Waals surface area contributed by atoms with Gasteiger partial charge in [0.05, 0.1) is 6.54 Å². The van der Waals surface area contributed by atoms with Crippen LogP contribution in [0.5, 0.6) is 0 Å². The quantitative estimate of drug-likeness (QED) is 0.698. The molecule has 0 aromatic heterocycles. The topological polar surface area (TPSA) is 61.4 Å². The lowest BCUT2D eigenvalue weighted by Gasteiger charge is -2.12. The second kappa shape index (κ2) is 6.98. The second-order valence-electron chi connectivity index (χ2n) is 3.85. The van der Waals surface area contributed by atoms with E-state index in [9.17, 15) is 9.18 Å². The van der Waals surface area contributed by atoms with Crippen LogP contribution in [-0.2, 0) is 4.79 Å². The molecular formula is C12H17FN2O2. The van der Waals surface area contributed by atoms with Gasteiger partial charge in [0.1, 0.15) is 5.82 Å². The van der Waals surface area contributed by atoms with Gasteiger partial charge in [0, 0.05) is 18.3 Å². The van der Waals surface area contributed by atoms with E-state index in [0.29, 0.717) is 12.1 Å². The first-order chi connectivity index (χ1) is 8.11. The van der Waals surface area contributed by atoms with E-state index in [-0.39, 0.29) is 30.9 Å². The molecule has 1 amide bonds. The Morgan fingerprint density at radius 1 is 1.53 bits per heavy atom. The molecule has 0 fully saturated rings. The molecule has 0 spiro atoms. The monoisotopic (exact) mass is 240 g/mol. The Hall–Kier alpha value is -1.46. The van der Waals surface area contributed by atoms with Gasteiger partial charge in [-0.3, -0.25) is 4.79 Å². The molecule has 0 aliphatic heterocycles. The normalized spacial score (nSPS) is 12.2. The zero-order valence-electron chi connectivity index (χ0n) is 9.74. The molecule has 1 rings (SSSR count). The molecule has 0 bridgehead atoms. The molecule has 4 nitrogen and oxygen atoms in total. The molecule has 0 aliphatic rings. The number of hydrogen-bond donors (Lipinski definition) is 3. The van der Waals surface area contributed by atoms with Gasteiger partial charge >= 0.3 is 0 Å². The fraction of sp³-hybridized carbons (Fsp3) is 0.417. The molecule has 3 N–H and O–H groups in total. The molecule has 17 heavy (non-hydrogen) atoms. The summed E-state index contributed by atoms with van der Waals surface area (Å²) in [6.07, 6.45) is 0.591. The minimum Gasteiger partial charge on any atom is -0.396 e. The minimum absolute atomic E-state index is 0.0678. The predicted octanol–water partition coefficient (Wildman–Crippen LogP) is 1.12. The molecule has 1 unspecified atom stereocenters. The number of halogens is 1. The van der Waals surface area contributed by atoms with Crippen molar-refractivity contribution in [3.05, 3.63) is 30.1 Å². The Bertz CT molecular complexity index is 371. The van der Waals surface area contributed by atoms with Crippen molar-refractivity contribution in [2.24, 2.45) is 0 Å². The number of carbonyl (C=O) groups excluding carboxylic acids is 1. The first-order valence-electron chi connectivity index (χ1n) is 5.51. The van der Waals surface area contributed by atoms with Crippen molar-refractivity contribution < 1.29 is 14.3 Å². The molecule has 94 valence electrons. The molecule has 0 heterocycles. The van der Waals surface area contributed by atoms with Gasteiger partial charge < -0.3 is 15.7 Å². The maximum Gasteiger partial charge on any atom is 0.238 e. The van der Waals surface area contributed by atoms with Crippen molar-refractivity contribution in [2.45, 2.75) is 19.4 Å². The van der Waals surface area contributed by atoms with Crippen LogP contribution < -0.4 is 10.6 Å². The Labute approximate surface area is 99.8 Å². The second-order valence-corrected chi connectivity index (χ2v) is 3.85. The molecule has 1 aromatic rings. The number of aliphatic hydroxyl groups excluding tert-OH is 1. The van der Waals surface area contributed by atoms with Gasteiger partial charge in [-0.1, -0.05) is 6.07 Å². The summed E-state index contributed by atoms with van der Waals surface area (Å²) in [5.74, 6) is -0.621. The van der Waals surface area contributed by atoms with Crippen LogP contribution in [0.25, 0.3) is 0 Å². The van der Waals surface area contributed by atoms with Crippen molar-refractivity contribution >= 4 is 11.6 Å². The third kappa shape index (κ3) is 5.42. The van der Waals surface area contributed by atoms with Crippen LogP contribution in [-0.4, -0.2) is 30.2 Å². The van der Waals surface area contributed by atoms with Gasteiger partial charge in [0.2, 0.25) is 5.91 Å². The maximum atomic E-state index is 12.8. The largest absolute Gasteiger partial charge is 0.396 e. The first kappa shape index (κ1) is 13.6. The van der Waals surface area contributed by atoms with Crippen LogP contribution in [0.2, 0.25) is 0 Å². The summed E-state index contributed by atoms with van der Waals surface area (Å²) in [5, 5.41) is 14.2. The highest BCUT2D eigenvalue weighted by Crippen LogP contribution is 2.08. The SMILES string of the molecule is CC(CCO)NCC(=O)Nc1cccc(F)c1. The minimum atomic E-state index is -0.385. The molecule has 0 radical (unpaired) electrons. The summed E-state index contributed by atoms with van der Waals surface area (Å²) in [5.41, 5.74) is 0.437. The third-order valence-corrected chi connectivity index (χ3v) is 2.28. The Kier molecular flexibility index (Phi) is 5.59. The van der Waals surface area contributed by atoms with Gasteiger partial charge in [-0.2, -0.15) is 0 Å². The highest BCUT2D eigenvalue weighted by Gasteiger charge is 2.05. The molecule has 1 atom stereocenters. The lowest BCUT2D eigenvalue weighted by Crippen LogP contribution is -2.34. The summed E-state index contributed by atoms with van der Waals surface area (Å²) in [7, 11) is 0. The van der Waals surface area contributed by atoms with E-state index in [2.05, 4.69) is 10.6 Å². The fourth-order valence-corrected chi connectivity index (χ4v) is 1.33. The van der Waals surface area contributed by atoms with Crippen LogP contribution in [0.3, 0.4) is 0 Å². The Balaban J connectivity index is 2.34. The van der Waals surface area contributed by atoms with Crippen LogP contribution in [0.4, 0.5) is 10.1 Å². The standard InChI is InChI=1S/C12H17FN2O2/c1-9(5-6-16)14-8-12(17)15-11-4-2-3-10(13)7-11/h2-4,7,9,14,16H,5-6,8H2,1H3,(H,15,17).